The molecule has 3 N–H and O–H groups in total. The predicted octanol–water partition coefficient (Wildman–Crippen LogP) is 4.65. The molecule has 0 saturated heterocycles. The molecule has 1 heterocycles. The van der Waals surface area contributed by atoms with E-state index < -0.39 is 12.1 Å². The van der Waals surface area contributed by atoms with E-state index in [1.165, 1.54) is 0 Å². The third kappa shape index (κ3) is 4.66. The van der Waals surface area contributed by atoms with Crippen molar-refractivity contribution in [1.29, 1.82) is 5.26 Å². The average molecular weight is 479 g/mol. The van der Waals surface area contributed by atoms with Crippen LogP contribution in [0.4, 0.5) is 4.79 Å². The summed E-state index contributed by atoms with van der Waals surface area (Å²) in [5, 5.41) is 15.3. The van der Waals surface area contributed by atoms with Crippen LogP contribution >= 0.6 is 0 Å². The van der Waals surface area contributed by atoms with Crippen molar-refractivity contribution < 1.29 is 14.3 Å². The van der Waals surface area contributed by atoms with Gasteiger partial charge < -0.3 is 20.4 Å². The van der Waals surface area contributed by atoms with Gasteiger partial charge in [0.25, 0.3) is 0 Å². The fraction of sp³-hybridized carbons (Fsp3) is 0.207. The maximum Gasteiger partial charge on any atom is 0.407 e. The number of carbonyl (C=O) groups excluding carboxylic acids is 2. The molecule has 0 aliphatic heterocycles. The molecule has 0 spiro atoms. The third-order valence-corrected chi connectivity index (χ3v) is 6.59. The summed E-state index contributed by atoms with van der Waals surface area (Å²) in [6.07, 6.45) is 1.67. The Morgan fingerprint density at radius 2 is 1.64 bits per heavy atom. The maximum absolute atomic E-state index is 12.9. The van der Waals surface area contributed by atoms with E-state index in [1.807, 2.05) is 60.8 Å². The number of hydrogen-bond donors (Lipinski definition) is 3. The van der Waals surface area contributed by atoms with Gasteiger partial charge in [-0.1, -0.05) is 66.7 Å². The second kappa shape index (κ2) is 10.4. The zero-order valence-electron chi connectivity index (χ0n) is 19.7. The van der Waals surface area contributed by atoms with Crippen molar-refractivity contribution in [3.8, 4) is 17.2 Å². The summed E-state index contributed by atoms with van der Waals surface area (Å²) in [6, 6.07) is 25.2. The van der Waals surface area contributed by atoms with E-state index in [2.05, 4.69) is 39.9 Å². The monoisotopic (exact) mass is 478 g/mol. The van der Waals surface area contributed by atoms with Crippen LogP contribution in [0.3, 0.4) is 0 Å². The summed E-state index contributed by atoms with van der Waals surface area (Å²) in [5.41, 5.74) is 6.40. The Labute approximate surface area is 209 Å². The molecule has 180 valence electrons. The fourth-order valence-corrected chi connectivity index (χ4v) is 4.88. The van der Waals surface area contributed by atoms with Crippen LogP contribution in [0.1, 0.15) is 29.0 Å². The number of H-pyrrole nitrogens is 1. The SMILES string of the molecule is N#CCCNC(=O)C(Cc1c[nH]c2ccccc12)NC(=O)OCC1c2ccccc2-c2ccccc21. The first kappa shape index (κ1) is 23.2. The van der Waals surface area contributed by atoms with E-state index in [9.17, 15) is 9.59 Å². The molecule has 1 aliphatic rings. The van der Waals surface area contributed by atoms with Crippen molar-refractivity contribution in [2.75, 3.05) is 13.2 Å². The highest BCUT2D eigenvalue weighted by Gasteiger charge is 2.30. The third-order valence-electron chi connectivity index (χ3n) is 6.59. The predicted molar refractivity (Wildman–Crippen MR) is 137 cm³/mol. The quantitative estimate of drug-likeness (QED) is 0.321. The summed E-state index contributed by atoms with van der Waals surface area (Å²) < 4.78 is 5.66. The van der Waals surface area contributed by atoms with Gasteiger partial charge in [0, 0.05) is 36.0 Å². The number of alkyl carbamates (subject to hydrolysis) is 1. The van der Waals surface area contributed by atoms with Gasteiger partial charge in [0.05, 0.1) is 12.5 Å². The van der Waals surface area contributed by atoms with E-state index in [0.717, 1.165) is 38.7 Å². The zero-order chi connectivity index (χ0) is 24.9. The van der Waals surface area contributed by atoms with Crippen molar-refractivity contribution in [2.45, 2.75) is 24.8 Å². The number of carbonyl (C=O) groups is 2. The lowest BCUT2D eigenvalue weighted by molar-refractivity contribution is -0.123. The number of rotatable bonds is 8. The molecule has 0 bridgehead atoms. The summed E-state index contributed by atoms with van der Waals surface area (Å²) in [6.45, 7) is 0.377. The molecule has 1 aromatic heterocycles. The average Bonchev–Trinajstić information content (AvgIpc) is 3.46. The minimum absolute atomic E-state index is 0.0697. The van der Waals surface area contributed by atoms with Crippen LogP contribution < -0.4 is 10.6 Å². The fourth-order valence-electron chi connectivity index (χ4n) is 4.88. The first-order valence-corrected chi connectivity index (χ1v) is 12.0. The number of nitrogens with zero attached hydrogens (tertiary/aromatic N) is 1. The molecule has 1 atom stereocenters. The van der Waals surface area contributed by atoms with Gasteiger partial charge >= 0.3 is 6.09 Å². The molecule has 2 amide bonds. The first-order valence-electron chi connectivity index (χ1n) is 12.0. The number of nitriles is 1. The van der Waals surface area contributed by atoms with Crippen LogP contribution in [0.2, 0.25) is 0 Å². The molecule has 3 aromatic carbocycles. The smallest absolute Gasteiger partial charge is 0.407 e. The lowest BCUT2D eigenvalue weighted by Gasteiger charge is -2.19. The van der Waals surface area contributed by atoms with Crippen LogP contribution in [0.25, 0.3) is 22.0 Å². The summed E-state index contributed by atoms with van der Waals surface area (Å²) in [4.78, 5) is 29.0. The van der Waals surface area contributed by atoms with Gasteiger partial charge in [-0.15, -0.1) is 0 Å². The van der Waals surface area contributed by atoms with Gasteiger partial charge in [0.1, 0.15) is 12.6 Å². The van der Waals surface area contributed by atoms with E-state index in [4.69, 9.17) is 10.00 Å². The molecular weight excluding hydrogens is 452 g/mol. The van der Waals surface area contributed by atoms with E-state index in [1.54, 1.807) is 0 Å². The molecule has 0 saturated carbocycles. The van der Waals surface area contributed by atoms with Crippen molar-refractivity contribution in [1.82, 2.24) is 15.6 Å². The standard InChI is InChI=1S/C29H26N4O3/c30-14-7-15-31-28(34)27(16-19-17-32-26-13-6-5-8-20(19)26)33-29(35)36-18-25-23-11-3-1-9-21(23)22-10-2-4-12-24(22)25/h1-6,8-13,17,25,27,32H,7,15-16,18H2,(H,31,34)(H,33,35). The Kier molecular flexibility index (Phi) is 6.67. The van der Waals surface area contributed by atoms with E-state index >= 15 is 0 Å². The summed E-state index contributed by atoms with van der Waals surface area (Å²) in [5.74, 6) is -0.427. The second-order valence-corrected chi connectivity index (χ2v) is 8.79. The number of benzene rings is 3. The molecule has 7 heteroatoms. The topological polar surface area (TPSA) is 107 Å². The number of hydrogen-bond acceptors (Lipinski definition) is 4. The van der Waals surface area contributed by atoms with Crippen molar-refractivity contribution in [2.24, 2.45) is 0 Å². The highest BCUT2D eigenvalue weighted by Crippen LogP contribution is 2.44. The van der Waals surface area contributed by atoms with Crippen LogP contribution in [0, 0.1) is 11.3 Å². The number of amides is 2. The van der Waals surface area contributed by atoms with Gasteiger partial charge in [-0.05, 0) is 33.9 Å². The molecule has 5 rings (SSSR count). The van der Waals surface area contributed by atoms with Crippen molar-refractivity contribution in [3.05, 3.63) is 95.7 Å². The molecular formula is C29H26N4O3. The van der Waals surface area contributed by atoms with E-state index in [0.29, 0.717) is 0 Å². The number of aromatic amines is 1. The Hall–Kier alpha value is -4.57. The number of fused-ring (bicyclic) bond motifs is 4. The molecule has 7 nitrogen and oxygen atoms in total. The second-order valence-electron chi connectivity index (χ2n) is 8.79. The zero-order valence-corrected chi connectivity index (χ0v) is 19.7. The Bertz CT molecular complexity index is 1410. The molecule has 0 radical (unpaired) electrons. The first-order chi connectivity index (χ1) is 17.7. The van der Waals surface area contributed by atoms with Crippen LogP contribution in [-0.4, -0.2) is 36.2 Å². The normalized spacial score (nSPS) is 12.9. The molecule has 1 aliphatic carbocycles. The highest BCUT2D eigenvalue weighted by atomic mass is 16.5. The lowest BCUT2D eigenvalue weighted by Crippen LogP contribution is -2.48. The molecule has 1 unspecified atom stereocenters. The lowest BCUT2D eigenvalue weighted by atomic mass is 9.98. The Morgan fingerprint density at radius 3 is 2.36 bits per heavy atom. The van der Waals surface area contributed by atoms with Gasteiger partial charge in [-0.25, -0.2) is 4.79 Å². The summed E-state index contributed by atoms with van der Waals surface area (Å²) >= 11 is 0. The minimum atomic E-state index is -0.849. The number of para-hydroxylation sites is 1. The Balaban J connectivity index is 1.30. The van der Waals surface area contributed by atoms with Gasteiger partial charge in [0.2, 0.25) is 5.91 Å². The van der Waals surface area contributed by atoms with Gasteiger partial charge in [-0.3, -0.25) is 4.79 Å². The van der Waals surface area contributed by atoms with Crippen LogP contribution in [0.5, 0.6) is 0 Å². The largest absolute Gasteiger partial charge is 0.449 e. The van der Waals surface area contributed by atoms with E-state index in [-0.39, 0.29) is 37.8 Å². The van der Waals surface area contributed by atoms with Crippen molar-refractivity contribution in [3.63, 3.8) is 0 Å². The summed E-state index contributed by atoms with van der Waals surface area (Å²) in [7, 11) is 0. The van der Waals surface area contributed by atoms with Crippen LogP contribution in [-0.2, 0) is 16.0 Å². The van der Waals surface area contributed by atoms with Gasteiger partial charge in [-0.2, -0.15) is 5.26 Å². The number of nitrogens with one attached hydrogen (secondary N) is 3. The maximum atomic E-state index is 12.9. The highest BCUT2D eigenvalue weighted by molar-refractivity contribution is 5.88. The molecule has 36 heavy (non-hydrogen) atoms. The number of ether oxygens (including phenoxy) is 1. The molecule has 0 fully saturated rings. The Morgan fingerprint density at radius 1 is 0.972 bits per heavy atom. The van der Waals surface area contributed by atoms with Gasteiger partial charge in [0.15, 0.2) is 0 Å². The van der Waals surface area contributed by atoms with Crippen LogP contribution in [0.15, 0.2) is 79.0 Å². The minimum Gasteiger partial charge on any atom is -0.449 e. The molecule has 4 aromatic rings. The number of aromatic nitrogens is 1. The van der Waals surface area contributed by atoms with Crippen molar-refractivity contribution >= 4 is 22.9 Å².